The van der Waals surface area contributed by atoms with Crippen LogP contribution in [0, 0.1) is 11.8 Å². The zero-order valence-electron chi connectivity index (χ0n) is 18.5. The van der Waals surface area contributed by atoms with E-state index >= 15 is 0 Å². The van der Waals surface area contributed by atoms with Gasteiger partial charge in [-0.1, -0.05) is 74.5 Å². The van der Waals surface area contributed by atoms with Crippen LogP contribution in [0.3, 0.4) is 0 Å². The van der Waals surface area contributed by atoms with Crippen LogP contribution < -0.4 is 5.32 Å². The maximum absolute atomic E-state index is 13.3. The SMILES string of the molecule is CC(C)CC(CP(=O)(O)[C@H](CCc1ccccc1)NC(=O)OCc1ccccc1)C(=O)O. The third-order valence-electron chi connectivity index (χ3n) is 5.12. The van der Waals surface area contributed by atoms with Gasteiger partial charge < -0.3 is 20.1 Å². The predicted molar refractivity (Wildman–Crippen MR) is 124 cm³/mol. The fraction of sp³-hybridized carbons (Fsp3) is 0.417. The molecule has 0 radical (unpaired) electrons. The van der Waals surface area contributed by atoms with Crippen LogP contribution >= 0.6 is 7.37 Å². The van der Waals surface area contributed by atoms with E-state index in [4.69, 9.17) is 4.74 Å². The van der Waals surface area contributed by atoms with E-state index in [-0.39, 0.29) is 25.4 Å². The standard InChI is InChI=1S/C24H32NO6P/c1-18(2)15-21(23(26)27)17-32(29,30)22(14-13-19-9-5-3-6-10-19)25-24(28)31-16-20-11-7-4-8-12-20/h3-12,18,21-22H,13-17H2,1-2H3,(H,25,28)(H,26,27)(H,29,30)/t21?,22-/m1/s1. The number of alkyl carbamates (subject to hydrolysis) is 1. The van der Waals surface area contributed by atoms with Crippen LogP contribution in [0.25, 0.3) is 0 Å². The molecule has 0 aliphatic heterocycles. The first-order valence-electron chi connectivity index (χ1n) is 10.7. The molecule has 0 bridgehead atoms. The molecule has 3 atom stereocenters. The fourth-order valence-electron chi connectivity index (χ4n) is 3.49. The summed E-state index contributed by atoms with van der Waals surface area (Å²) in [5.74, 6) is -3.13. The number of hydrogen-bond donors (Lipinski definition) is 3. The van der Waals surface area contributed by atoms with E-state index in [1.165, 1.54) is 0 Å². The van der Waals surface area contributed by atoms with E-state index in [0.29, 0.717) is 6.42 Å². The van der Waals surface area contributed by atoms with Crippen molar-refractivity contribution in [3.05, 3.63) is 71.8 Å². The number of amides is 1. The maximum Gasteiger partial charge on any atom is 0.408 e. The Labute approximate surface area is 189 Å². The summed E-state index contributed by atoms with van der Waals surface area (Å²) in [5, 5.41) is 12.1. The highest BCUT2D eigenvalue weighted by Gasteiger charge is 2.37. The Morgan fingerprint density at radius 1 is 1.00 bits per heavy atom. The summed E-state index contributed by atoms with van der Waals surface area (Å²) in [4.78, 5) is 34.9. The average Bonchev–Trinajstić information content (AvgIpc) is 2.75. The number of carboxylic acid groups (broad SMARTS) is 1. The number of ether oxygens (including phenoxy) is 1. The second kappa shape index (κ2) is 12.4. The summed E-state index contributed by atoms with van der Waals surface area (Å²) >= 11 is 0. The van der Waals surface area contributed by atoms with Crippen molar-refractivity contribution >= 4 is 19.4 Å². The van der Waals surface area contributed by atoms with E-state index in [0.717, 1.165) is 11.1 Å². The fourth-order valence-corrected chi connectivity index (χ4v) is 5.52. The minimum atomic E-state index is -4.05. The normalized spacial score (nSPS) is 14.9. The molecule has 0 fully saturated rings. The lowest BCUT2D eigenvalue weighted by Crippen LogP contribution is -2.37. The molecular formula is C24H32NO6P. The highest BCUT2D eigenvalue weighted by molar-refractivity contribution is 7.58. The molecule has 7 nitrogen and oxygen atoms in total. The first-order chi connectivity index (χ1) is 15.2. The van der Waals surface area contributed by atoms with Crippen LogP contribution in [0.15, 0.2) is 60.7 Å². The smallest absolute Gasteiger partial charge is 0.408 e. The molecule has 2 rings (SSSR count). The highest BCUT2D eigenvalue weighted by atomic mass is 31.2. The number of carbonyl (C=O) groups is 2. The molecule has 0 saturated heterocycles. The second-order valence-electron chi connectivity index (χ2n) is 8.35. The van der Waals surface area contributed by atoms with Crippen LogP contribution in [0.5, 0.6) is 0 Å². The van der Waals surface area contributed by atoms with Crippen molar-refractivity contribution in [2.24, 2.45) is 11.8 Å². The van der Waals surface area contributed by atoms with Crippen LogP contribution in [0.4, 0.5) is 4.79 Å². The van der Waals surface area contributed by atoms with Gasteiger partial charge in [-0.2, -0.15) is 0 Å². The Bertz CT molecular complexity index is 903. The molecule has 2 aromatic rings. The van der Waals surface area contributed by atoms with E-state index in [1.54, 1.807) is 12.1 Å². The lowest BCUT2D eigenvalue weighted by molar-refractivity contribution is -0.141. The van der Waals surface area contributed by atoms with Crippen LogP contribution in [0.1, 0.15) is 37.8 Å². The van der Waals surface area contributed by atoms with E-state index in [2.05, 4.69) is 5.32 Å². The molecule has 2 aromatic carbocycles. The monoisotopic (exact) mass is 461 g/mol. The molecule has 3 N–H and O–H groups in total. The first kappa shape index (κ1) is 25.6. The van der Waals surface area contributed by atoms with Gasteiger partial charge in [-0.15, -0.1) is 0 Å². The van der Waals surface area contributed by atoms with Crippen molar-refractivity contribution in [1.29, 1.82) is 0 Å². The quantitative estimate of drug-likeness (QED) is 0.388. The van der Waals surface area contributed by atoms with Crippen LogP contribution in [-0.4, -0.2) is 34.0 Å². The Balaban J connectivity index is 2.11. The number of aliphatic carboxylic acids is 1. The summed E-state index contributed by atoms with van der Waals surface area (Å²) in [5.41, 5.74) is 1.74. The summed E-state index contributed by atoms with van der Waals surface area (Å²) < 4.78 is 18.5. The van der Waals surface area contributed by atoms with Crippen molar-refractivity contribution in [2.45, 2.75) is 45.5 Å². The minimum absolute atomic E-state index is 0.0267. The minimum Gasteiger partial charge on any atom is -0.481 e. The highest BCUT2D eigenvalue weighted by Crippen LogP contribution is 2.49. The Morgan fingerprint density at radius 3 is 2.09 bits per heavy atom. The average molecular weight is 461 g/mol. The Morgan fingerprint density at radius 2 is 1.56 bits per heavy atom. The molecule has 174 valence electrons. The molecule has 8 heteroatoms. The molecule has 0 aromatic heterocycles. The van der Waals surface area contributed by atoms with Crippen molar-refractivity contribution in [2.75, 3.05) is 6.16 Å². The van der Waals surface area contributed by atoms with Crippen molar-refractivity contribution in [3.8, 4) is 0 Å². The zero-order chi connectivity index (χ0) is 23.6. The van der Waals surface area contributed by atoms with Gasteiger partial charge in [0, 0.05) is 6.16 Å². The predicted octanol–water partition coefficient (Wildman–Crippen LogP) is 4.89. The molecule has 0 aliphatic carbocycles. The van der Waals surface area contributed by atoms with E-state index in [9.17, 15) is 24.2 Å². The molecule has 1 amide bonds. The second-order valence-corrected chi connectivity index (χ2v) is 10.8. The number of carbonyl (C=O) groups excluding carboxylic acids is 1. The summed E-state index contributed by atoms with van der Waals surface area (Å²) in [7, 11) is -4.05. The molecular weight excluding hydrogens is 429 g/mol. The van der Waals surface area contributed by atoms with Crippen molar-refractivity contribution in [3.63, 3.8) is 0 Å². The Hall–Kier alpha value is -2.63. The lowest BCUT2D eigenvalue weighted by atomic mass is 9.99. The maximum atomic E-state index is 13.3. The third-order valence-corrected chi connectivity index (χ3v) is 7.45. The van der Waals surface area contributed by atoms with E-state index in [1.807, 2.05) is 62.4 Å². The molecule has 0 saturated carbocycles. The van der Waals surface area contributed by atoms with Crippen molar-refractivity contribution < 1.29 is 28.9 Å². The number of aryl methyl sites for hydroxylation is 1. The van der Waals surface area contributed by atoms with Gasteiger partial charge in [-0.05, 0) is 36.3 Å². The summed E-state index contributed by atoms with van der Waals surface area (Å²) in [6, 6.07) is 18.5. The van der Waals surface area contributed by atoms with Crippen LogP contribution in [0.2, 0.25) is 0 Å². The van der Waals surface area contributed by atoms with Gasteiger partial charge in [0.1, 0.15) is 12.4 Å². The Kier molecular flexibility index (Phi) is 9.95. The van der Waals surface area contributed by atoms with Crippen molar-refractivity contribution in [1.82, 2.24) is 5.32 Å². The van der Waals surface area contributed by atoms with Gasteiger partial charge in [0.15, 0.2) is 0 Å². The number of rotatable bonds is 12. The summed E-state index contributed by atoms with van der Waals surface area (Å²) in [6.45, 7) is 3.76. The van der Waals surface area contributed by atoms with Gasteiger partial charge >= 0.3 is 12.1 Å². The molecule has 0 heterocycles. The summed E-state index contributed by atoms with van der Waals surface area (Å²) in [6.07, 6.45) is -0.289. The first-order valence-corrected chi connectivity index (χ1v) is 12.6. The molecule has 32 heavy (non-hydrogen) atoms. The lowest BCUT2D eigenvalue weighted by Gasteiger charge is -2.26. The van der Waals surface area contributed by atoms with Gasteiger partial charge in [0.2, 0.25) is 7.37 Å². The molecule has 0 spiro atoms. The molecule has 0 aliphatic rings. The van der Waals surface area contributed by atoms with Gasteiger partial charge in [0.05, 0.1) is 5.92 Å². The van der Waals surface area contributed by atoms with Crippen LogP contribution in [-0.2, 0) is 27.1 Å². The zero-order valence-corrected chi connectivity index (χ0v) is 19.4. The van der Waals surface area contributed by atoms with Gasteiger partial charge in [-0.3, -0.25) is 9.36 Å². The van der Waals surface area contributed by atoms with E-state index < -0.39 is 37.3 Å². The largest absolute Gasteiger partial charge is 0.481 e. The number of benzene rings is 2. The third kappa shape index (κ3) is 8.85. The number of hydrogen-bond acceptors (Lipinski definition) is 4. The molecule has 2 unspecified atom stereocenters. The number of nitrogens with one attached hydrogen (secondary N) is 1. The topological polar surface area (TPSA) is 113 Å². The number of carboxylic acids is 1. The van der Waals surface area contributed by atoms with Gasteiger partial charge in [-0.25, -0.2) is 4.79 Å². The van der Waals surface area contributed by atoms with Gasteiger partial charge in [0.25, 0.3) is 0 Å².